The zero-order valence-electron chi connectivity index (χ0n) is 15.5. The molecular formula is C20H16Cl2N4O4. The van der Waals surface area contributed by atoms with Crippen molar-refractivity contribution in [2.45, 2.75) is 6.04 Å². The number of hydrogen-bond donors (Lipinski definition) is 2. The van der Waals surface area contributed by atoms with Crippen LogP contribution in [0, 0.1) is 0 Å². The summed E-state index contributed by atoms with van der Waals surface area (Å²) in [4.78, 5) is 34.3. The summed E-state index contributed by atoms with van der Waals surface area (Å²) in [6, 6.07) is 9.63. The van der Waals surface area contributed by atoms with E-state index >= 15 is 0 Å². The number of fused-ring (bicyclic) bond motifs is 1. The van der Waals surface area contributed by atoms with E-state index in [4.69, 9.17) is 23.2 Å². The first-order chi connectivity index (χ1) is 14.3. The average molecular weight is 447 g/mol. The van der Waals surface area contributed by atoms with E-state index in [2.05, 4.69) is 9.97 Å². The van der Waals surface area contributed by atoms with Gasteiger partial charge in [-0.05, 0) is 29.8 Å². The summed E-state index contributed by atoms with van der Waals surface area (Å²) in [5, 5.41) is 20.6. The third-order valence-corrected chi connectivity index (χ3v) is 5.63. The van der Waals surface area contributed by atoms with Crippen LogP contribution in [0.25, 0.3) is 22.0 Å². The zero-order chi connectivity index (χ0) is 21.4. The molecule has 1 fully saturated rings. The van der Waals surface area contributed by atoms with E-state index < -0.39 is 18.1 Å². The lowest BCUT2D eigenvalue weighted by Gasteiger charge is -2.38. The second kappa shape index (κ2) is 7.97. The summed E-state index contributed by atoms with van der Waals surface area (Å²) >= 11 is 12.5. The van der Waals surface area contributed by atoms with E-state index in [1.165, 1.54) is 6.33 Å². The smallest absolute Gasteiger partial charge is 0.408 e. The van der Waals surface area contributed by atoms with Crippen LogP contribution < -0.4 is 4.90 Å². The quantitative estimate of drug-likeness (QED) is 0.628. The molecule has 1 saturated heterocycles. The highest BCUT2D eigenvalue weighted by molar-refractivity contribution is 6.34. The third kappa shape index (κ3) is 3.71. The van der Waals surface area contributed by atoms with Gasteiger partial charge >= 0.3 is 12.1 Å². The van der Waals surface area contributed by atoms with Gasteiger partial charge in [-0.15, -0.1) is 0 Å². The van der Waals surface area contributed by atoms with Gasteiger partial charge in [0.1, 0.15) is 18.2 Å². The molecule has 154 valence electrons. The second-order valence-corrected chi connectivity index (χ2v) is 7.67. The van der Waals surface area contributed by atoms with Gasteiger partial charge in [0.15, 0.2) is 0 Å². The molecule has 0 saturated carbocycles. The predicted molar refractivity (Wildman–Crippen MR) is 113 cm³/mol. The fourth-order valence-corrected chi connectivity index (χ4v) is 3.98. The van der Waals surface area contributed by atoms with Gasteiger partial charge in [0.2, 0.25) is 0 Å². The molecule has 0 spiro atoms. The van der Waals surface area contributed by atoms with Crippen LogP contribution in [0.5, 0.6) is 0 Å². The normalized spacial score (nSPS) is 16.7. The Morgan fingerprint density at radius 3 is 2.43 bits per heavy atom. The molecule has 10 heteroatoms. The molecule has 0 bridgehead atoms. The van der Waals surface area contributed by atoms with Crippen LogP contribution in [0.15, 0.2) is 42.7 Å². The van der Waals surface area contributed by atoms with Crippen molar-refractivity contribution in [2.75, 3.05) is 24.5 Å². The van der Waals surface area contributed by atoms with Crippen molar-refractivity contribution in [3.8, 4) is 11.1 Å². The minimum absolute atomic E-state index is 0.0212. The van der Waals surface area contributed by atoms with Gasteiger partial charge in [-0.2, -0.15) is 0 Å². The molecule has 1 aliphatic heterocycles. The number of nitrogens with zero attached hydrogens (tertiary/aromatic N) is 4. The molecule has 2 aromatic carbocycles. The molecule has 0 radical (unpaired) electrons. The number of benzene rings is 2. The number of aliphatic carboxylic acids is 1. The molecule has 8 nitrogen and oxygen atoms in total. The number of carbonyl (C=O) groups is 2. The molecule has 0 unspecified atom stereocenters. The monoisotopic (exact) mass is 446 g/mol. The number of anilines is 1. The molecule has 0 aliphatic carbocycles. The predicted octanol–water partition coefficient (Wildman–Crippen LogP) is 3.86. The van der Waals surface area contributed by atoms with Crippen molar-refractivity contribution in [2.24, 2.45) is 0 Å². The van der Waals surface area contributed by atoms with Crippen LogP contribution in [0.2, 0.25) is 10.0 Å². The Morgan fingerprint density at radius 1 is 1.03 bits per heavy atom. The molecule has 1 amide bonds. The number of carboxylic acid groups (broad SMARTS) is 2. The number of halogens is 2. The Labute approximate surface area is 181 Å². The van der Waals surface area contributed by atoms with Crippen molar-refractivity contribution >= 4 is 52.0 Å². The van der Waals surface area contributed by atoms with Gasteiger partial charge in [0.05, 0.1) is 17.1 Å². The summed E-state index contributed by atoms with van der Waals surface area (Å²) in [6.45, 7) is 0.336. The SMILES string of the molecule is O=C(O)[C@@H]1CN(c2ncnc3cc(Cl)c(-c4ccc(Cl)cc4)cc23)CCN1C(=O)O. The van der Waals surface area contributed by atoms with Crippen molar-refractivity contribution in [3.05, 3.63) is 52.8 Å². The molecule has 3 aromatic rings. The van der Waals surface area contributed by atoms with Crippen molar-refractivity contribution in [3.63, 3.8) is 0 Å². The lowest BCUT2D eigenvalue weighted by atomic mass is 10.0. The van der Waals surface area contributed by atoms with Crippen LogP contribution in [-0.4, -0.2) is 62.8 Å². The summed E-state index contributed by atoms with van der Waals surface area (Å²) in [6.07, 6.45) is 0.126. The highest BCUT2D eigenvalue weighted by atomic mass is 35.5. The topological polar surface area (TPSA) is 107 Å². The highest BCUT2D eigenvalue weighted by Gasteiger charge is 2.36. The summed E-state index contributed by atoms with van der Waals surface area (Å²) in [5.41, 5.74) is 2.23. The first kappa shape index (κ1) is 20.2. The van der Waals surface area contributed by atoms with E-state index in [1.807, 2.05) is 18.2 Å². The largest absolute Gasteiger partial charge is 0.480 e. The standard InChI is InChI=1S/C20H16Cl2N4O4/c21-12-3-1-11(2-4-12)13-7-14-16(8-15(13)22)23-10-24-18(14)25-5-6-26(20(29)30)17(9-25)19(27)28/h1-4,7-8,10,17H,5-6,9H2,(H,27,28)(H,29,30)/t17-/m0/s1. The number of piperazine rings is 1. The van der Waals surface area contributed by atoms with Crippen LogP contribution in [0.1, 0.15) is 0 Å². The van der Waals surface area contributed by atoms with Crippen LogP contribution in [0.3, 0.4) is 0 Å². The van der Waals surface area contributed by atoms with Crippen LogP contribution in [0.4, 0.5) is 10.6 Å². The van der Waals surface area contributed by atoms with Crippen LogP contribution in [-0.2, 0) is 4.79 Å². The van der Waals surface area contributed by atoms with Crippen molar-refractivity contribution in [1.82, 2.24) is 14.9 Å². The fraction of sp³-hybridized carbons (Fsp3) is 0.200. The van der Waals surface area contributed by atoms with Crippen molar-refractivity contribution in [1.29, 1.82) is 0 Å². The van der Waals surface area contributed by atoms with E-state index in [0.29, 0.717) is 33.3 Å². The van der Waals surface area contributed by atoms with Gasteiger partial charge < -0.3 is 15.1 Å². The summed E-state index contributed by atoms with van der Waals surface area (Å²) < 4.78 is 0. The first-order valence-electron chi connectivity index (χ1n) is 9.02. The Morgan fingerprint density at radius 2 is 1.77 bits per heavy atom. The number of amides is 1. The Bertz CT molecular complexity index is 1140. The van der Waals surface area contributed by atoms with E-state index in [-0.39, 0.29) is 13.1 Å². The van der Waals surface area contributed by atoms with Crippen LogP contribution >= 0.6 is 23.2 Å². The van der Waals surface area contributed by atoms with Crippen molar-refractivity contribution < 1.29 is 19.8 Å². The molecule has 2 heterocycles. The fourth-order valence-electron chi connectivity index (χ4n) is 3.58. The number of carboxylic acids is 1. The van der Waals surface area contributed by atoms with E-state index in [9.17, 15) is 19.8 Å². The lowest BCUT2D eigenvalue weighted by molar-refractivity contribution is -0.142. The average Bonchev–Trinajstić information content (AvgIpc) is 2.73. The maximum Gasteiger partial charge on any atom is 0.408 e. The van der Waals surface area contributed by atoms with Gasteiger partial charge in [0, 0.05) is 29.1 Å². The minimum Gasteiger partial charge on any atom is -0.480 e. The number of rotatable bonds is 3. The first-order valence-corrected chi connectivity index (χ1v) is 9.78. The molecule has 4 rings (SSSR count). The second-order valence-electron chi connectivity index (χ2n) is 6.83. The minimum atomic E-state index is -1.26. The number of hydrogen-bond acceptors (Lipinski definition) is 5. The highest BCUT2D eigenvalue weighted by Crippen LogP contribution is 2.35. The Kier molecular flexibility index (Phi) is 5.36. The number of aromatic nitrogens is 2. The summed E-state index contributed by atoms with van der Waals surface area (Å²) in [7, 11) is 0. The molecule has 1 atom stereocenters. The van der Waals surface area contributed by atoms with Gasteiger partial charge in [-0.3, -0.25) is 4.90 Å². The van der Waals surface area contributed by atoms with Gasteiger partial charge in [0.25, 0.3) is 0 Å². The van der Waals surface area contributed by atoms with Gasteiger partial charge in [-0.25, -0.2) is 19.6 Å². The Balaban J connectivity index is 1.78. The molecule has 1 aromatic heterocycles. The summed E-state index contributed by atoms with van der Waals surface area (Å²) in [5.74, 6) is -0.673. The molecular weight excluding hydrogens is 431 g/mol. The molecule has 2 N–H and O–H groups in total. The molecule has 30 heavy (non-hydrogen) atoms. The lowest BCUT2D eigenvalue weighted by Crippen LogP contribution is -2.58. The Hall–Kier alpha value is -3.10. The van der Waals surface area contributed by atoms with E-state index in [1.54, 1.807) is 23.1 Å². The zero-order valence-corrected chi connectivity index (χ0v) is 17.0. The van der Waals surface area contributed by atoms with E-state index in [0.717, 1.165) is 16.0 Å². The molecule has 1 aliphatic rings. The maximum atomic E-state index is 11.6. The third-order valence-electron chi connectivity index (χ3n) is 5.07. The van der Waals surface area contributed by atoms with Gasteiger partial charge in [-0.1, -0.05) is 35.3 Å². The maximum absolute atomic E-state index is 11.6.